The number of ether oxygens (including phenoxy) is 1. The van der Waals surface area contributed by atoms with Gasteiger partial charge in [-0.1, -0.05) is 40.6 Å². The van der Waals surface area contributed by atoms with Crippen LogP contribution < -0.4 is 5.43 Å². The molecule has 110 valence electrons. The molecule has 2 aromatic rings. The molecule has 8 heteroatoms. The standard InChI is InChI=1S/C13H11Cl2N3O2S/c1-7-11(12(19)20-2)21-13(17-7)18-16-6-8-3-4-9(14)5-10(8)15/h3-6H,1-2H3,(H,17,18). The number of hydrogen-bond acceptors (Lipinski definition) is 6. The number of benzene rings is 1. The number of aromatic nitrogens is 1. The van der Waals surface area contributed by atoms with Gasteiger partial charge in [0.25, 0.3) is 0 Å². The molecule has 0 aliphatic rings. The number of anilines is 1. The van der Waals surface area contributed by atoms with E-state index in [1.807, 2.05) is 0 Å². The maximum Gasteiger partial charge on any atom is 0.350 e. The molecule has 0 atom stereocenters. The highest BCUT2D eigenvalue weighted by atomic mass is 35.5. The predicted octanol–water partition coefficient (Wildman–Crippen LogP) is 3.99. The van der Waals surface area contributed by atoms with Crippen LogP contribution in [-0.2, 0) is 4.74 Å². The molecular formula is C13H11Cl2N3O2S. The van der Waals surface area contributed by atoms with Crippen LogP contribution >= 0.6 is 34.5 Å². The molecule has 0 aliphatic carbocycles. The fraction of sp³-hybridized carbons (Fsp3) is 0.154. The number of methoxy groups -OCH3 is 1. The van der Waals surface area contributed by atoms with Crippen LogP contribution in [-0.4, -0.2) is 24.3 Å². The van der Waals surface area contributed by atoms with E-state index in [9.17, 15) is 4.79 Å². The molecule has 0 amide bonds. The highest BCUT2D eigenvalue weighted by Gasteiger charge is 2.15. The lowest BCUT2D eigenvalue weighted by Crippen LogP contribution is -1.99. The molecule has 0 unspecified atom stereocenters. The largest absolute Gasteiger partial charge is 0.465 e. The molecule has 0 saturated heterocycles. The fourth-order valence-electron chi connectivity index (χ4n) is 1.49. The molecule has 0 aliphatic heterocycles. The molecular weight excluding hydrogens is 333 g/mol. The number of halogens is 2. The van der Waals surface area contributed by atoms with Crippen molar-refractivity contribution in [3.8, 4) is 0 Å². The molecule has 0 radical (unpaired) electrons. The van der Waals surface area contributed by atoms with Crippen molar-refractivity contribution in [3.63, 3.8) is 0 Å². The minimum absolute atomic E-state index is 0.414. The van der Waals surface area contributed by atoms with E-state index in [-0.39, 0.29) is 0 Å². The third-order valence-corrected chi connectivity index (χ3v) is 4.10. The summed E-state index contributed by atoms with van der Waals surface area (Å²) in [5.74, 6) is -0.414. The summed E-state index contributed by atoms with van der Waals surface area (Å²) >= 11 is 13.0. The van der Waals surface area contributed by atoms with Crippen molar-refractivity contribution in [2.75, 3.05) is 12.5 Å². The smallest absolute Gasteiger partial charge is 0.350 e. The summed E-state index contributed by atoms with van der Waals surface area (Å²) in [6.07, 6.45) is 1.55. The Morgan fingerprint density at radius 3 is 2.90 bits per heavy atom. The quantitative estimate of drug-likeness (QED) is 0.517. The summed E-state index contributed by atoms with van der Waals surface area (Å²) in [6.45, 7) is 1.73. The molecule has 5 nitrogen and oxygen atoms in total. The lowest BCUT2D eigenvalue weighted by Gasteiger charge is -1.98. The predicted molar refractivity (Wildman–Crippen MR) is 85.9 cm³/mol. The first-order valence-electron chi connectivity index (χ1n) is 5.81. The van der Waals surface area contributed by atoms with Gasteiger partial charge in [0.05, 0.1) is 24.0 Å². The van der Waals surface area contributed by atoms with Crippen LogP contribution in [0.2, 0.25) is 10.0 Å². The summed E-state index contributed by atoms with van der Waals surface area (Å²) < 4.78 is 4.67. The minimum atomic E-state index is -0.414. The Hall–Kier alpha value is -1.63. The van der Waals surface area contributed by atoms with E-state index >= 15 is 0 Å². The zero-order valence-corrected chi connectivity index (χ0v) is 13.5. The van der Waals surface area contributed by atoms with Crippen LogP contribution in [0.1, 0.15) is 20.9 Å². The van der Waals surface area contributed by atoms with Crippen LogP contribution in [0.25, 0.3) is 0 Å². The van der Waals surface area contributed by atoms with Crippen molar-refractivity contribution in [1.29, 1.82) is 0 Å². The van der Waals surface area contributed by atoms with Gasteiger partial charge >= 0.3 is 5.97 Å². The highest BCUT2D eigenvalue weighted by molar-refractivity contribution is 7.17. The van der Waals surface area contributed by atoms with Gasteiger partial charge in [-0.05, 0) is 19.1 Å². The van der Waals surface area contributed by atoms with E-state index < -0.39 is 5.97 Å². The van der Waals surface area contributed by atoms with E-state index in [2.05, 4.69) is 20.2 Å². The SMILES string of the molecule is COC(=O)c1sc(NN=Cc2ccc(Cl)cc2Cl)nc1C. The summed E-state index contributed by atoms with van der Waals surface area (Å²) in [5.41, 5.74) is 4.06. The van der Waals surface area contributed by atoms with E-state index in [1.54, 1.807) is 31.3 Å². The highest BCUT2D eigenvalue weighted by Crippen LogP contribution is 2.23. The first-order valence-corrected chi connectivity index (χ1v) is 7.38. The van der Waals surface area contributed by atoms with E-state index in [0.29, 0.717) is 25.7 Å². The number of hydrogen-bond donors (Lipinski definition) is 1. The zero-order chi connectivity index (χ0) is 15.4. The Morgan fingerprint density at radius 1 is 1.48 bits per heavy atom. The summed E-state index contributed by atoms with van der Waals surface area (Å²) in [5, 5.41) is 5.59. The van der Waals surface area contributed by atoms with Crippen molar-refractivity contribution in [2.24, 2.45) is 5.10 Å². The Balaban J connectivity index is 2.09. The number of aryl methyl sites for hydroxylation is 1. The summed E-state index contributed by atoms with van der Waals surface area (Å²) in [6, 6.07) is 5.11. The fourth-order valence-corrected chi connectivity index (χ4v) is 2.78. The number of carbonyl (C=O) groups excluding carboxylic acids is 1. The molecule has 1 heterocycles. The number of nitrogens with one attached hydrogen (secondary N) is 1. The van der Waals surface area contributed by atoms with Crippen LogP contribution in [0.5, 0.6) is 0 Å². The Bertz CT molecular complexity index is 701. The van der Waals surface area contributed by atoms with Gasteiger partial charge in [-0.25, -0.2) is 9.78 Å². The molecule has 1 aromatic carbocycles. The second kappa shape index (κ2) is 6.89. The van der Waals surface area contributed by atoms with E-state index in [0.717, 1.165) is 5.56 Å². The summed E-state index contributed by atoms with van der Waals surface area (Å²) in [7, 11) is 1.33. The zero-order valence-electron chi connectivity index (χ0n) is 11.2. The molecule has 21 heavy (non-hydrogen) atoms. The lowest BCUT2D eigenvalue weighted by atomic mass is 10.2. The number of esters is 1. The third kappa shape index (κ3) is 3.93. The summed E-state index contributed by atoms with van der Waals surface area (Å²) in [4.78, 5) is 16.1. The van der Waals surface area contributed by atoms with Gasteiger partial charge in [-0.2, -0.15) is 5.10 Å². The number of nitrogens with zero attached hydrogens (tertiary/aromatic N) is 2. The van der Waals surface area contributed by atoms with Gasteiger partial charge in [0.15, 0.2) is 0 Å². The van der Waals surface area contributed by atoms with Crippen molar-refractivity contribution >= 4 is 51.9 Å². The maximum atomic E-state index is 11.5. The van der Waals surface area contributed by atoms with Gasteiger partial charge in [-0.15, -0.1) is 0 Å². The normalized spacial score (nSPS) is 10.9. The van der Waals surface area contributed by atoms with Crippen LogP contribution in [0.3, 0.4) is 0 Å². The Morgan fingerprint density at radius 2 is 2.24 bits per heavy atom. The van der Waals surface area contributed by atoms with Crippen molar-refractivity contribution in [3.05, 3.63) is 44.4 Å². The van der Waals surface area contributed by atoms with Gasteiger partial charge in [0.1, 0.15) is 4.88 Å². The Labute approximate surface area is 135 Å². The molecule has 0 spiro atoms. The molecule has 2 rings (SSSR count). The number of hydrazone groups is 1. The average Bonchev–Trinajstić information content (AvgIpc) is 2.81. The third-order valence-electron chi connectivity index (χ3n) is 2.49. The first kappa shape index (κ1) is 15.8. The van der Waals surface area contributed by atoms with Crippen LogP contribution in [0.4, 0.5) is 5.13 Å². The van der Waals surface area contributed by atoms with Gasteiger partial charge < -0.3 is 4.74 Å². The topological polar surface area (TPSA) is 63.6 Å². The van der Waals surface area contributed by atoms with E-state index in [4.69, 9.17) is 23.2 Å². The molecule has 0 bridgehead atoms. The number of thiazole rings is 1. The van der Waals surface area contributed by atoms with Crippen molar-refractivity contribution in [1.82, 2.24) is 4.98 Å². The van der Waals surface area contributed by atoms with Gasteiger partial charge in [0, 0.05) is 10.6 Å². The minimum Gasteiger partial charge on any atom is -0.465 e. The number of rotatable bonds is 4. The Kier molecular flexibility index (Phi) is 5.17. The average molecular weight is 344 g/mol. The second-order valence-corrected chi connectivity index (χ2v) is 5.80. The lowest BCUT2D eigenvalue weighted by molar-refractivity contribution is 0.0605. The van der Waals surface area contributed by atoms with Gasteiger partial charge in [-0.3, -0.25) is 5.43 Å². The molecule has 0 fully saturated rings. The first-order chi connectivity index (χ1) is 10.0. The second-order valence-electron chi connectivity index (χ2n) is 3.96. The van der Waals surface area contributed by atoms with E-state index in [1.165, 1.54) is 18.4 Å². The van der Waals surface area contributed by atoms with Crippen molar-refractivity contribution in [2.45, 2.75) is 6.92 Å². The van der Waals surface area contributed by atoms with Crippen LogP contribution in [0, 0.1) is 6.92 Å². The monoisotopic (exact) mass is 343 g/mol. The molecule has 0 saturated carbocycles. The maximum absolute atomic E-state index is 11.5. The molecule has 1 N–H and O–H groups in total. The molecule has 1 aromatic heterocycles. The number of carbonyl (C=O) groups is 1. The van der Waals surface area contributed by atoms with Crippen molar-refractivity contribution < 1.29 is 9.53 Å². The van der Waals surface area contributed by atoms with Gasteiger partial charge in [0.2, 0.25) is 5.13 Å². The van der Waals surface area contributed by atoms with Crippen LogP contribution in [0.15, 0.2) is 23.3 Å².